The molecule has 4 rings (SSSR count). The molecule has 0 spiro atoms. The predicted octanol–water partition coefficient (Wildman–Crippen LogP) is 4.44. The number of barbiturate groups is 1. The van der Waals surface area contributed by atoms with Gasteiger partial charge in [0.25, 0.3) is 11.8 Å². The Morgan fingerprint density at radius 3 is 2.50 bits per heavy atom. The van der Waals surface area contributed by atoms with Crippen LogP contribution in [-0.2, 0) is 20.9 Å². The zero-order chi connectivity index (χ0) is 24.2. The molecule has 2 heterocycles. The van der Waals surface area contributed by atoms with E-state index in [1.54, 1.807) is 67.6 Å². The number of ether oxygens (including phenoxy) is 1. The molecule has 172 valence electrons. The van der Waals surface area contributed by atoms with Crippen LogP contribution >= 0.6 is 11.6 Å². The largest absolute Gasteiger partial charge is 0.462 e. The zero-order valence-electron chi connectivity index (χ0n) is 18.0. The van der Waals surface area contributed by atoms with Crippen molar-refractivity contribution in [3.63, 3.8) is 0 Å². The fourth-order valence-electron chi connectivity index (χ4n) is 3.35. The van der Waals surface area contributed by atoms with Crippen molar-refractivity contribution in [2.75, 3.05) is 6.61 Å². The van der Waals surface area contributed by atoms with Gasteiger partial charge in [-0.3, -0.25) is 19.8 Å². The van der Waals surface area contributed by atoms with E-state index in [2.05, 4.69) is 5.32 Å². The predicted molar refractivity (Wildman–Crippen MR) is 124 cm³/mol. The number of nitrogens with zero attached hydrogens (tertiary/aromatic N) is 1. The first-order chi connectivity index (χ1) is 16.4. The summed E-state index contributed by atoms with van der Waals surface area (Å²) >= 11 is 6.15. The normalized spacial score (nSPS) is 14.9. The number of esters is 1. The fraction of sp³-hybridized carbons (Fsp3) is 0.120. The average molecular weight is 479 g/mol. The molecule has 9 heteroatoms. The van der Waals surface area contributed by atoms with Crippen molar-refractivity contribution in [2.45, 2.75) is 13.5 Å². The summed E-state index contributed by atoms with van der Waals surface area (Å²) in [7, 11) is 0. The Kier molecular flexibility index (Phi) is 6.60. The van der Waals surface area contributed by atoms with Crippen molar-refractivity contribution < 1.29 is 28.3 Å². The van der Waals surface area contributed by atoms with Crippen molar-refractivity contribution in [1.29, 1.82) is 0 Å². The van der Waals surface area contributed by atoms with E-state index in [9.17, 15) is 19.2 Å². The monoisotopic (exact) mass is 478 g/mol. The summed E-state index contributed by atoms with van der Waals surface area (Å²) in [5.41, 5.74) is 1.41. The van der Waals surface area contributed by atoms with E-state index >= 15 is 0 Å². The lowest BCUT2D eigenvalue weighted by molar-refractivity contribution is -0.130. The number of furan rings is 1. The van der Waals surface area contributed by atoms with E-state index in [4.69, 9.17) is 20.8 Å². The highest BCUT2D eigenvalue weighted by molar-refractivity contribution is 6.32. The molecule has 2 aromatic carbocycles. The van der Waals surface area contributed by atoms with Gasteiger partial charge < -0.3 is 9.15 Å². The number of halogens is 1. The maximum Gasteiger partial charge on any atom is 0.338 e. The van der Waals surface area contributed by atoms with Crippen molar-refractivity contribution in [2.24, 2.45) is 0 Å². The molecule has 1 fully saturated rings. The van der Waals surface area contributed by atoms with Crippen LogP contribution in [0.5, 0.6) is 0 Å². The smallest absolute Gasteiger partial charge is 0.338 e. The van der Waals surface area contributed by atoms with Gasteiger partial charge in [-0.25, -0.2) is 9.59 Å². The number of hydrogen-bond donors (Lipinski definition) is 1. The van der Waals surface area contributed by atoms with Crippen molar-refractivity contribution >= 4 is 41.5 Å². The molecule has 1 N–H and O–H groups in total. The van der Waals surface area contributed by atoms with Gasteiger partial charge >= 0.3 is 12.0 Å². The average Bonchev–Trinajstić information content (AvgIpc) is 3.29. The van der Waals surface area contributed by atoms with Crippen molar-refractivity contribution in [3.05, 3.63) is 88.1 Å². The van der Waals surface area contributed by atoms with Gasteiger partial charge in [-0.15, -0.1) is 0 Å². The molecule has 0 radical (unpaired) electrons. The van der Waals surface area contributed by atoms with E-state index < -0.39 is 23.8 Å². The summed E-state index contributed by atoms with van der Waals surface area (Å²) < 4.78 is 10.7. The first kappa shape index (κ1) is 23.0. The molecule has 1 aliphatic heterocycles. The minimum atomic E-state index is -0.825. The molecule has 1 saturated heterocycles. The standard InChI is InChI=1S/C25H19ClN2O6/c1-2-33-24(31)16-9-7-15(8-10-16)21-12-11-18(34-21)13-19-22(29)27-25(32)28(23(19)30)14-17-5-3-4-6-20(17)26/h3-13H,2,14H2,1H3,(H,27,29,32)/b19-13+. The van der Waals surface area contributed by atoms with Gasteiger partial charge in [0.15, 0.2) is 0 Å². The van der Waals surface area contributed by atoms with Crippen LogP contribution in [0.4, 0.5) is 4.79 Å². The summed E-state index contributed by atoms with van der Waals surface area (Å²) in [6.07, 6.45) is 1.28. The highest BCUT2D eigenvalue weighted by Gasteiger charge is 2.36. The van der Waals surface area contributed by atoms with Gasteiger partial charge in [0, 0.05) is 10.6 Å². The van der Waals surface area contributed by atoms with Crippen LogP contribution in [0.2, 0.25) is 5.02 Å². The maximum atomic E-state index is 12.9. The highest BCUT2D eigenvalue weighted by atomic mass is 35.5. The molecule has 0 saturated carbocycles. The molecular formula is C25H19ClN2O6. The Labute approximate surface area is 199 Å². The van der Waals surface area contributed by atoms with Gasteiger partial charge in [0.05, 0.1) is 18.7 Å². The highest BCUT2D eigenvalue weighted by Crippen LogP contribution is 2.26. The fourth-order valence-corrected chi connectivity index (χ4v) is 3.54. The number of rotatable bonds is 6. The van der Waals surface area contributed by atoms with Crippen LogP contribution in [-0.4, -0.2) is 35.3 Å². The molecule has 4 amide bonds. The Morgan fingerprint density at radius 2 is 1.79 bits per heavy atom. The van der Waals surface area contributed by atoms with E-state index in [0.717, 1.165) is 4.90 Å². The molecule has 8 nitrogen and oxygen atoms in total. The van der Waals surface area contributed by atoms with Crippen molar-refractivity contribution in [3.8, 4) is 11.3 Å². The van der Waals surface area contributed by atoms with Crippen LogP contribution < -0.4 is 5.32 Å². The third kappa shape index (κ3) is 4.77. The molecule has 1 aliphatic rings. The molecule has 0 unspecified atom stereocenters. The maximum absolute atomic E-state index is 12.9. The Bertz CT molecular complexity index is 1310. The summed E-state index contributed by atoms with van der Waals surface area (Å²) in [5, 5.41) is 2.56. The number of carbonyl (C=O) groups excluding carboxylic acids is 4. The second-order valence-electron chi connectivity index (χ2n) is 7.30. The van der Waals surface area contributed by atoms with Gasteiger partial charge in [-0.2, -0.15) is 0 Å². The van der Waals surface area contributed by atoms with Gasteiger partial charge in [-0.1, -0.05) is 41.9 Å². The minimum Gasteiger partial charge on any atom is -0.462 e. The Morgan fingerprint density at radius 1 is 1.06 bits per heavy atom. The SMILES string of the molecule is CCOC(=O)c1ccc(-c2ccc(/C=C3\C(=O)NC(=O)N(Cc4ccccc4Cl)C3=O)o2)cc1. The third-order valence-corrected chi connectivity index (χ3v) is 5.43. The van der Waals surface area contributed by atoms with Gasteiger partial charge in [0.1, 0.15) is 17.1 Å². The van der Waals surface area contributed by atoms with Crippen LogP contribution in [0.25, 0.3) is 17.4 Å². The van der Waals surface area contributed by atoms with Crippen LogP contribution in [0.15, 0.2) is 70.7 Å². The summed E-state index contributed by atoms with van der Waals surface area (Å²) in [6, 6.07) is 15.9. The number of benzene rings is 2. The lowest BCUT2D eigenvalue weighted by atomic mass is 10.1. The Hall–Kier alpha value is -4.17. The lowest BCUT2D eigenvalue weighted by Crippen LogP contribution is -2.53. The topological polar surface area (TPSA) is 106 Å². The first-order valence-electron chi connectivity index (χ1n) is 10.4. The number of imide groups is 2. The number of nitrogens with one attached hydrogen (secondary N) is 1. The van der Waals surface area contributed by atoms with Crippen LogP contribution in [0.1, 0.15) is 28.6 Å². The van der Waals surface area contributed by atoms with Gasteiger partial charge in [0.2, 0.25) is 0 Å². The molecule has 1 aromatic heterocycles. The van der Waals surface area contributed by atoms with E-state index in [1.165, 1.54) is 6.08 Å². The minimum absolute atomic E-state index is 0.0921. The number of hydrogen-bond acceptors (Lipinski definition) is 6. The lowest BCUT2D eigenvalue weighted by Gasteiger charge is -2.26. The van der Waals surface area contributed by atoms with E-state index in [1.807, 2.05) is 0 Å². The summed E-state index contributed by atoms with van der Waals surface area (Å²) in [5.74, 6) is -1.28. The molecule has 3 aromatic rings. The van der Waals surface area contributed by atoms with Crippen molar-refractivity contribution in [1.82, 2.24) is 10.2 Å². The number of carbonyl (C=O) groups is 4. The molecule has 0 aliphatic carbocycles. The quantitative estimate of drug-likeness (QED) is 0.319. The zero-order valence-corrected chi connectivity index (χ0v) is 18.8. The molecular weight excluding hydrogens is 460 g/mol. The second kappa shape index (κ2) is 9.76. The molecule has 0 bridgehead atoms. The van der Waals surface area contributed by atoms with E-state index in [-0.39, 0.29) is 24.5 Å². The molecule has 34 heavy (non-hydrogen) atoms. The van der Waals surface area contributed by atoms with Crippen LogP contribution in [0.3, 0.4) is 0 Å². The van der Waals surface area contributed by atoms with Gasteiger partial charge in [-0.05, 0) is 48.9 Å². The van der Waals surface area contributed by atoms with Crippen LogP contribution in [0, 0.1) is 0 Å². The first-order valence-corrected chi connectivity index (χ1v) is 10.7. The van der Waals surface area contributed by atoms with E-state index in [0.29, 0.717) is 27.5 Å². The Balaban J connectivity index is 1.56. The second-order valence-corrected chi connectivity index (χ2v) is 7.71. The number of amides is 4. The third-order valence-electron chi connectivity index (χ3n) is 5.07. The summed E-state index contributed by atoms with van der Waals surface area (Å²) in [6.45, 7) is 1.92. The molecule has 0 atom stereocenters. The number of urea groups is 1. The summed E-state index contributed by atoms with van der Waals surface area (Å²) in [4.78, 5) is 50.3.